The van der Waals surface area contributed by atoms with Crippen molar-refractivity contribution in [1.82, 2.24) is 10.1 Å². The van der Waals surface area contributed by atoms with Gasteiger partial charge in [0.2, 0.25) is 6.20 Å². The highest BCUT2D eigenvalue weighted by Gasteiger charge is 2.08. The van der Waals surface area contributed by atoms with E-state index in [1.165, 1.54) is 24.7 Å². The first-order valence-electron chi connectivity index (χ1n) is 3.80. The third kappa shape index (κ3) is 1.58. The molecule has 0 aliphatic carbocycles. The Morgan fingerprint density at radius 2 is 2.14 bits per heavy atom. The molecule has 1 radical (unpaired) electrons. The highest BCUT2D eigenvalue weighted by molar-refractivity contribution is 5.48. The molecule has 0 saturated heterocycles. The molecule has 0 atom stereocenters. The summed E-state index contributed by atoms with van der Waals surface area (Å²) < 4.78 is 0.478. The molecule has 2 aromatic rings. The molecule has 0 aliphatic heterocycles. The molecule has 0 aromatic carbocycles. The summed E-state index contributed by atoms with van der Waals surface area (Å²) in [5.41, 5.74) is 0.556. The van der Waals surface area contributed by atoms with Crippen molar-refractivity contribution in [2.45, 2.75) is 0 Å². The van der Waals surface area contributed by atoms with Gasteiger partial charge in [0.05, 0.1) is 6.20 Å². The Hall–Kier alpha value is -2.24. The molecular formula is C8H5N4O2. The number of hydrogen-bond acceptors (Lipinski definition) is 4. The molecule has 0 saturated carbocycles. The maximum Gasteiger partial charge on any atom is 0.320 e. The first-order chi connectivity index (χ1) is 6.75. The van der Waals surface area contributed by atoms with E-state index in [1.54, 1.807) is 6.07 Å². The summed E-state index contributed by atoms with van der Waals surface area (Å²) in [6.07, 6.45) is 6.16. The Morgan fingerprint density at radius 3 is 2.86 bits per heavy atom. The molecule has 0 unspecified atom stereocenters. The monoisotopic (exact) mass is 189 g/mol. The van der Waals surface area contributed by atoms with Crippen LogP contribution in [-0.4, -0.2) is 10.1 Å². The van der Waals surface area contributed by atoms with Crippen LogP contribution in [0.1, 0.15) is 0 Å². The fourth-order valence-electron chi connectivity index (χ4n) is 0.969. The topological polar surface area (TPSA) is 79.7 Å². The molecule has 0 bridgehead atoms. The Labute approximate surface area is 79.3 Å². The maximum absolute atomic E-state index is 10.9. The number of nitrogens with zero attached hydrogens (tertiary/aromatic N) is 4. The third-order valence-corrected chi connectivity index (χ3v) is 1.54. The predicted octanol–water partition coefficient (Wildman–Crippen LogP) is -0.789. The van der Waals surface area contributed by atoms with Gasteiger partial charge >= 0.3 is 6.20 Å². The van der Waals surface area contributed by atoms with Crippen LogP contribution in [0.15, 0.2) is 30.7 Å². The van der Waals surface area contributed by atoms with E-state index in [4.69, 9.17) is 0 Å². The van der Waals surface area contributed by atoms with Crippen molar-refractivity contribution < 1.29 is 9.58 Å². The minimum absolute atomic E-state index is 0.243. The van der Waals surface area contributed by atoms with Gasteiger partial charge in [-0.25, -0.2) is 4.98 Å². The normalized spacial score (nSPS) is 10.0. The quantitative estimate of drug-likeness (QED) is 0.435. The molecule has 2 rings (SSSR count). The van der Waals surface area contributed by atoms with E-state index in [-0.39, 0.29) is 5.69 Å². The molecule has 6 nitrogen and oxygen atoms in total. The standard InChI is InChI=1S/C8H5N4O2/c13-11-5-3-9-8(6-11)7-2-1-4-12(14)10-7/h1-5H. The van der Waals surface area contributed by atoms with Crippen LogP contribution in [-0.2, 0) is 0 Å². The molecule has 0 amide bonds. The van der Waals surface area contributed by atoms with Crippen LogP contribution in [0.25, 0.3) is 11.4 Å². The van der Waals surface area contributed by atoms with E-state index in [0.29, 0.717) is 15.3 Å². The van der Waals surface area contributed by atoms with Crippen LogP contribution in [0.3, 0.4) is 0 Å². The van der Waals surface area contributed by atoms with Gasteiger partial charge in [-0.15, -0.1) is 0 Å². The Balaban J connectivity index is 2.49. The summed E-state index contributed by atoms with van der Waals surface area (Å²) in [7, 11) is 0. The Bertz CT molecular complexity index is 417. The van der Waals surface area contributed by atoms with Crippen LogP contribution in [0, 0.1) is 16.6 Å². The zero-order chi connectivity index (χ0) is 9.97. The van der Waals surface area contributed by atoms with E-state index in [1.807, 2.05) is 0 Å². The van der Waals surface area contributed by atoms with Crippen molar-refractivity contribution in [3.63, 3.8) is 0 Å². The van der Waals surface area contributed by atoms with Crippen molar-refractivity contribution in [2.75, 3.05) is 0 Å². The molecule has 2 heterocycles. The lowest BCUT2D eigenvalue weighted by molar-refractivity contribution is -0.668. The third-order valence-electron chi connectivity index (χ3n) is 1.54. The molecular weight excluding hydrogens is 184 g/mol. The first-order valence-corrected chi connectivity index (χ1v) is 3.80. The molecule has 14 heavy (non-hydrogen) atoms. The van der Waals surface area contributed by atoms with Gasteiger partial charge in [0.1, 0.15) is 0 Å². The van der Waals surface area contributed by atoms with Gasteiger partial charge in [0.25, 0.3) is 0 Å². The van der Waals surface area contributed by atoms with Crippen molar-refractivity contribution in [3.05, 3.63) is 47.3 Å². The lowest BCUT2D eigenvalue weighted by Gasteiger charge is -1.97. The second-order valence-corrected chi connectivity index (χ2v) is 2.51. The summed E-state index contributed by atoms with van der Waals surface area (Å²) in [5, 5.41) is 25.3. The predicted molar refractivity (Wildman–Crippen MR) is 44.2 cm³/mol. The molecule has 2 aromatic heterocycles. The highest BCUT2D eigenvalue weighted by atomic mass is 16.5. The zero-order valence-corrected chi connectivity index (χ0v) is 6.99. The molecule has 0 N–H and O–H groups in total. The van der Waals surface area contributed by atoms with E-state index in [2.05, 4.69) is 16.3 Å². The number of aromatic nitrogens is 4. The number of hydrogen-bond donors (Lipinski definition) is 0. The maximum atomic E-state index is 10.9. The van der Waals surface area contributed by atoms with Crippen LogP contribution in [0.5, 0.6) is 0 Å². The van der Waals surface area contributed by atoms with E-state index in [0.717, 1.165) is 0 Å². The van der Waals surface area contributed by atoms with Gasteiger partial charge in [-0.05, 0) is 6.07 Å². The van der Waals surface area contributed by atoms with Gasteiger partial charge in [0.15, 0.2) is 17.6 Å². The van der Waals surface area contributed by atoms with Gasteiger partial charge in [0, 0.05) is 11.2 Å². The fourth-order valence-corrected chi connectivity index (χ4v) is 0.969. The fraction of sp³-hybridized carbons (Fsp3) is 0. The van der Waals surface area contributed by atoms with E-state index in [9.17, 15) is 10.4 Å². The summed E-state index contributed by atoms with van der Waals surface area (Å²) >= 11 is 0. The Kier molecular flexibility index (Phi) is 1.94. The minimum Gasteiger partial charge on any atom is -0.618 e. The summed E-state index contributed by atoms with van der Waals surface area (Å²) in [5.74, 6) is 0. The van der Waals surface area contributed by atoms with Crippen LogP contribution >= 0.6 is 0 Å². The van der Waals surface area contributed by atoms with Gasteiger partial charge in [-0.1, -0.05) is 4.85 Å². The first kappa shape index (κ1) is 8.36. The summed E-state index contributed by atoms with van der Waals surface area (Å²) in [6.45, 7) is 0. The largest absolute Gasteiger partial charge is 0.618 e. The lowest BCUT2D eigenvalue weighted by atomic mass is 10.3. The molecule has 69 valence electrons. The second-order valence-electron chi connectivity index (χ2n) is 2.51. The van der Waals surface area contributed by atoms with Crippen molar-refractivity contribution in [3.8, 4) is 11.4 Å². The van der Waals surface area contributed by atoms with Crippen LogP contribution < -0.4 is 9.58 Å². The Morgan fingerprint density at radius 1 is 1.29 bits per heavy atom. The zero-order valence-electron chi connectivity index (χ0n) is 6.99. The smallest absolute Gasteiger partial charge is 0.320 e. The molecule has 0 fully saturated rings. The van der Waals surface area contributed by atoms with E-state index < -0.39 is 0 Å². The molecule has 6 heteroatoms. The minimum atomic E-state index is 0.243. The molecule has 0 aliphatic rings. The van der Waals surface area contributed by atoms with Crippen molar-refractivity contribution >= 4 is 0 Å². The van der Waals surface area contributed by atoms with Crippen LogP contribution in [0.4, 0.5) is 0 Å². The van der Waals surface area contributed by atoms with Crippen molar-refractivity contribution in [2.24, 2.45) is 0 Å². The summed E-state index contributed by atoms with van der Waals surface area (Å²) in [6, 6.07) is 3.10. The SMILES string of the molecule is [O-][n+]1[c]c(-c2ccc[n+]([O-])n2)ncc1. The van der Waals surface area contributed by atoms with E-state index >= 15 is 0 Å². The number of rotatable bonds is 1. The molecule has 0 spiro atoms. The van der Waals surface area contributed by atoms with Gasteiger partial charge < -0.3 is 10.4 Å². The van der Waals surface area contributed by atoms with Crippen LogP contribution in [0.2, 0.25) is 0 Å². The lowest BCUT2D eigenvalue weighted by Crippen LogP contribution is -2.31. The van der Waals surface area contributed by atoms with Gasteiger partial charge in [-0.2, -0.15) is 4.73 Å². The average molecular weight is 189 g/mol. The van der Waals surface area contributed by atoms with Gasteiger partial charge in [-0.3, -0.25) is 0 Å². The second kappa shape index (κ2) is 3.25. The highest BCUT2D eigenvalue weighted by Crippen LogP contribution is 2.07. The summed E-state index contributed by atoms with van der Waals surface area (Å²) in [4.78, 5) is 4.26. The average Bonchev–Trinajstić information content (AvgIpc) is 2.18. The van der Waals surface area contributed by atoms with Crippen molar-refractivity contribution in [1.29, 1.82) is 0 Å².